The van der Waals surface area contributed by atoms with E-state index < -0.39 is 59.6 Å². The first-order valence-corrected chi connectivity index (χ1v) is 12.2. The Morgan fingerprint density at radius 2 is 1.81 bits per heavy atom. The third-order valence-corrected chi connectivity index (χ3v) is 7.46. The van der Waals surface area contributed by atoms with Crippen molar-refractivity contribution in [1.29, 1.82) is 0 Å². The summed E-state index contributed by atoms with van der Waals surface area (Å²) in [6.45, 7) is -1.19. The highest BCUT2D eigenvalue weighted by Gasteiger charge is 2.65. The van der Waals surface area contributed by atoms with Crippen LogP contribution in [0.1, 0.15) is 13.2 Å². The van der Waals surface area contributed by atoms with Crippen LogP contribution in [0.5, 0.6) is 0 Å². The minimum Gasteiger partial charge on any atom is -0.384 e. The fourth-order valence-electron chi connectivity index (χ4n) is 2.44. The molecule has 1 aromatic rings. The molecule has 178 valence electrons. The zero-order valence-corrected chi connectivity index (χ0v) is 17.8. The zero-order valence-electron chi connectivity index (χ0n) is 15.1. The summed E-state index contributed by atoms with van der Waals surface area (Å²) in [7, 11) is -17.4. The van der Waals surface area contributed by atoms with Crippen molar-refractivity contribution < 1.29 is 65.0 Å². The molecule has 1 aromatic heterocycles. The lowest BCUT2D eigenvalue weighted by molar-refractivity contribution is -0.204. The average Bonchev–Trinajstić information content (AvgIpc) is 2.71. The minimum atomic E-state index is -5.90. The van der Waals surface area contributed by atoms with Gasteiger partial charge < -0.3 is 35.2 Å². The number of hydrogen-bond acceptors (Lipinski definition) is 11. The number of ether oxygens (including phenoxy) is 1. The van der Waals surface area contributed by atoms with Crippen molar-refractivity contribution in [3.63, 3.8) is 0 Å². The van der Waals surface area contributed by atoms with Crippen molar-refractivity contribution in [2.24, 2.45) is 0 Å². The van der Waals surface area contributed by atoms with Gasteiger partial charge in [0.2, 0.25) is 0 Å². The van der Waals surface area contributed by atoms with Crippen molar-refractivity contribution in [3.05, 3.63) is 22.7 Å². The van der Waals surface area contributed by atoms with Crippen molar-refractivity contribution in [2.45, 2.75) is 30.8 Å². The molecule has 1 fully saturated rings. The predicted octanol–water partition coefficient (Wildman–Crippen LogP) is -0.548. The van der Waals surface area contributed by atoms with E-state index in [1.54, 1.807) is 0 Å². The second-order valence-corrected chi connectivity index (χ2v) is 10.6. The lowest BCUT2D eigenvalue weighted by Crippen LogP contribution is -2.47. The van der Waals surface area contributed by atoms with Crippen LogP contribution >= 0.6 is 23.5 Å². The normalized spacial score (nSPS) is 33.0. The predicted molar refractivity (Wildman–Crippen MR) is 92.2 cm³/mol. The number of hydrogen-bond donors (Lipinski definition) is 6. The second kappa shape index (κ2) is 8.33. The summed E-state index contributed by atoms with van der Waals surface area (Å²) in [6, 6.07) is 1.03. The number of nitrogens with two attached hydrogens (primary N) is 1. The summed E-state index contributed by atoms with van der Waals surface area (Å²) in [4.78, 5) is 50.4. The molecule has 1 aliphatic heterocycles. The van der Waals surface area contributed by atoms with E-state index in [4.69, 9.17) is 20.4 Å². The number of anilines is 1. The fraction of sp³-hybridized carbons (Fsp3) is 0.600. The van der Waals surface area contributed by atoms with Gasteiger partial charge in [-0.3, -0.25) is 9.09 Å². The summed E-state index contributed by atoms with van der Waals surface area (Å²) in [6.07, 6.45) is -4.05. The summed E-state index contributed by atoms with van der Waals surface area (Å²) >= 11 is 0. The molecule has 16 nitrogen and oxygen atoms in total. The largest absolute Gasteiger partial charge is 0.490 e. The highest BCUT2D eigenvalue weighted by Crippen LogP contribution is 2.66. The third-order valence-electron chi connectivity index (χ3n) is 3.68. The minimum absolute atomic E-state index is 0.264. The average molecular weight is 517 g/mol. The van der Waals surface area contributed by atoms with Crippen LogP contribution in [0, 0.1) is 0 Å². The molecular formula is C10H16F2N3O13P3. The molecule has 31 heavy (non-hydrogen) atoms. The molecule has 0 amide bonds. The molecule has 1 aliphatic rings. The Kier molecular flexibility index (Phi) is 7.02. The molecule has 0 radical (unpaired) electrons. The number of nitrogen functional groups attached to an aromatic ring is 1. The molecule has 0 bridgehead atoms. The molecule has 0 aromatic carbocycles. The van der Waals surface area contributed by atoms with Crippen LogP contribution in [0.2, 0.25) is 0 Å². The Hall–Kier alpha value is -1.13. The highest BCUT2D eigenvalue weighted by molar-refractivity contribution is 7.66. The summed E-state index contributed by atoms with van der Waals surface area (Å²) in [5.74, 6) is -3.89. The van der Waals surface area contributed by atoms with E-state index in [2.05, 4.69) is 22.9 Å². The number of rotatable bonds is 8. The number of aromatic nitrogens is 2. The molecule has 3 unspecified atom stereocenters. The number of aliphatic hydroxyl groups is 1. The molecule has 1 saturated heterocycles. The quantitative estimate of drug-likeness (QED) is 0.237. The molecule has 7 N–H and O–H groups in total. The Morgan fingerprint density at radius 1 is 1.23 bits per heavy atom. The van der Waals surface area contributed by atoms with Crippen molar-refractivity contribution in [2.75, 3.05) is 12.3 Å². The molecule has 0 spiro atoms. The van der Waals surface area contributed by atoms with Gasteiger partial charge in [0.1, 0.15) is 12.4 Å². The van der Waals surface area contributed by atoms with Gasteiger partial charge in [0, 0.05) is 6.20 Å². The van der Waals surface area contributed by atoms with Crippen LogP contribution in [0.4, 0.5) is 14.6 Å². The van der Waals surface area contributed by atoms with Crippen LogP contribution < -0.4 is 11.4 Å². The smallest absolute Gasteiger partial charge is 0.384 e. The van der Waals surface area contributed by atoms with Crippen LogP contribution in [0.3, 0.4) is 0 Å². The Labute approximate surface area is 170 Å². The lowest BCUT2D eigenvalue weighted by Gasteiger charge is -2.25. The van der Waals surface area contributed by atoms with Crippen molar-refractivity contribution >= 4 is 29.3 Å². The number of phosphoric acid groups is 3. The zero-order chi connectivity index (χ0) is 24.0. The summed E-state index contributed by atoms with van der Waals surface area (Å²) in [5, 5.41) is 9.98. The van der Waals surface area contributed by atoms with Crippen LogP contribution in [0.15, 0.2) is 17.1 Å². The van der Waals surface area contributed by atoms with Gasteiger partial charge in [0.25, 0.3) is 5.85 Å². The molecule has 0 saturated carbocycles. The van der Waals surface area contributed by atoms with Gasteiger partial charge in [0.05, 0.1) is 0 Å². The van der Waals surface area contributed by atoms with Crippen molar-refractivity contribution in [1.82, 2.24) is 9.55 Å². The standard InChI is InChI=1S/C10H16F2N3O13P3/c1-9(11)6(16)10(12,26-7(9)15-3-2-5(13)14-8(15)17)4-25-30(21,22)28-31(23,24)27-29(18,19)20/h2-3,6-7,16H,4H2,1H3,(H,21,22)(H,23,24)(H2,13,14,17)(H2,18,19,20)/t6?,7-,9-,10-/m1/s1. The molecule has 21 heteroatoms. The topological polar surface area (TPSA) is 250 Å². The Balaban J connectivity index is 2.21. The van der Waals surface area contributed by atoms with E-state index in [0.717, 1.165) is 12.3 Å². The van der Waals surface area contributed by atoms with E-state index in [1.165, 1.54) is 0 Å². The summed E-state index contributed by atoms with van der Waals surface area (Å²) in [5.41, 5.74) is 1.04. The van der Waals surface area contributed by atoms with E-state index in [0.29, 0.717) is 11.5 Å². The van der Waals surface area contributed by atoms with Gasteiger partial charge in [-0.25, -0.2) is 27.3 Å². The molecule has 2 rings (SSSR count). The summed E-state index contributed by atoms with van der Waals surface area (Å²) < 4.78 is 79.5. The second-order valence-electron chi connectivity index (χ2n) is 6.22. The van der Waals surface area contributed by atoms with E-state index >= 15 is 4.39 Å². The number of phosphoric ester groups is 1. The van der Waals surface area contributed by atoms with Crippen LogP contribution in [-0.2, 0) is 31.6 Å². The SMILES string of the molecule is C[C@@]1(F)C(O)[C@@](F)(COP(=O)(O)OP(=O)(O)OP(=O)(O)O)O[C@H]1n1ccc(N)nc1=O. The number of alkyl halides is 2. The van der Waals surface area contributed by atoms with Gasteiger partial charge in [0.15, 0.2) is 18.0 Å². The lowest BCUT2D eigenvalue weighted by atomic mass is 9.97. The third kappa shape index (κ3) is 6.22. The maximum Gasteiger partial charge on any atom is 0.490 e. The van der Waals surface area contributed by atoms with Gasteiger partial charge in [-0.15, -0.1) is 0 Å². The molecule has 0 aliphatic carbocycles. The number of nitrogens with zero attached hydrogens (tertiary/aromatic N) is 2. The van der Waals surface area contributed by atoms with Gasteiger partial charge in [-0.2, -0.15) is 13.6 Å². The first kappa shape index (κ1) is 26.1. The molecular weight excluding hydrogens is 501 g/mol. The first-order chi connectivity index (χ1) is 13.8. The Bertz CT molecular complexity index is 1050. The number of aliphatic hydroxyl groups excluding tert-OH is 1. The maximum atomic E-state index is 15.0. The van der Waals surface area contributed by atoms with Gasteiger partial charge in [-0.05, 0) is 13.0 Å². The number of halogens is 2. The van der Waals surface area contributed by atoms with Crippen LogP contribution in [-0.4, -0.2) is 58.5 Å². The van der Waals surface area contributed by atoms with E-state index in [9.17, 15) is 32.9 Å². The van der Waals surface area contributed by atoms with Crippen molar-refractivity contribution in [3.8, 4) is 0 Å². The maximum absolute atomic E-state index is 15.0. The fourth-order valence-corrected chi connectivity index (χ4v) is 5.47. The van der Waals surface area contributed by atoms with E-state index in [-0.39, 0.29) is 5.82 Å². The highest BCUT2D eigenvalue weighted by atomic mass is 31.3. The van der Waals surface area contributed by atoms with E-state index in [1.807, 2.05) is 0 Å². The Morgan fingerprint density at radius 3 is 2.32 bits per heavy atom. The molecule has 6 atom stereocenters. The van der Waals surface area contributed by atoms with Crippen LogP contribution in [0.25, 0.3) is 0 Å². The monoisotopic (exact) mass is 517 g/mol. The molecule has 2 heterocycles. The van der Waals surface area contributed by atoms with Gasteiger partial charge in [-0.1, -0.05) is 0 Å². The van der Waals surface area contributed by atoms with Gasteiger partial charge >= 0.3 is 29.2 Å². The first-order valence-electron chi connectivity index (χ1n) is 7.65.